The smallest absolute Gasteiger partial charge is 0.250 e. The van der Waals surface area contributed by atoms with Crippen LogP contribution < -0.4 is 9.33 Å². The van der Waals surface area contributed by atoms with Crippen molar-refractivity contribution >= 4 is 28.2 Å². The van der Waals surface area contributed by atoms with Crippen LogP contribution in [0.25, 0.3) is 11.1 Å². The number of nitrogens with zero attached hydrogens (tertiary/aromatic N) is 1. The van der Waals surface area contributed by atoms with Crippen molar-refractivity contribution < 1.29 is 23.1 Å². The van der Waals surface area contributed by atoms with Crippen molar-refractivity contribution in [2.45, 2.75) is 103 Å². The van der Waals surface area contributed by atoms with Crippen LogP contribution >= 0.6 is 0 Å². The van der Waals surface area contributed by atoms with Gasteiger partial charge in [-0.15, -0.1) is 0 Å². The number of hydrogen-bond acceptors (Lipinski definition) is 4. The molecule has 1 heterocycles. The lowest BCUT2D eigenvalue weighted by atomic mass is 9.77. The van der Waals surface area contributed by atoms with Gasteiger partial charge in [-0.25, -0.2) is 4.39 Å². The molecule has 4 aromatic carbocycles. The highest BCUT2D eigenvalue weighted by Gasteiger charge is 2.50. The third-order valence-corrected chi connectivity index (χ3v) is 20.0. The van der Waals surface area contributed by atoms with Gasteiger partial charge in [0.25, 0.3) is 0 Å². The van der Waals surface area contributed by atoms with Crippen molar-refractivity contribution in [3.63, 3.8) is 0 Å². The number of aromatic hydroxyl groups is 1. The molecule has 5 rings (SSSR count). The molecule has 0 bridgehead atoms. The number of phenolic OH excluding ortho intramolecular Hbond substituents is 1. The van der Waals surface area contributed by atoms with Crippen LogP contribution in [0.3, 0.4) is 0 Å². The number of rotatable bonds is 11. The molecule has 266 valence electrons. The van der Waals surface area contributed by atoms with Crippen molar-refractivity contribution in [3.8, 4) is 22.6 Å². The fourth-order valence-corrected chi connectivity index (χ4v) is 8.38. The number of para-hydroxylation sites is 1. The number of benzene rings is 4. The van der Waals surface area contributed by atoms with Gasteiger partial charge >= 0.3 is 0 Å². The summed E-state index contributed by atoms with van der Waals surface area (Å²) in [6.07, 6.45) is 0.867. The molecule has 50 heavy (non-hydrogen) atoms. The molecule has 1 saturated heterocycles. The van der Waals surface area contributed by atoms with Crippen LogP contribution in [0.5, 0.6) is 11.5 Å². The van der Waals surface area contributed by atoms with Crippen molar-refractivity contribution in [3.05, 3.63) is 114 Å². The van der Waals surface area contributed by atoms with Gasteiger partial charge < -0.3 is 18.9 Å². The summed E-state index contributed by atoms with van der Waals surface area (Å²) in [6, 6.07) is 29.7. The second-order valence-corrected chi connectivity index (χ2v) is 26.2. The quantitative estimate of drug-likeness (QED) is 0.124. The fraction of sp³-hybridized carbons (Fsp3) is 0.405. The molecule has 0 spiro atoms. The zero-order chi connectivity index (χ0) is 36.6. The third-order valence-electron chi connectivity index (χ3n) is 11.2. The lowest BCUT2D eigenvalue weighted by molar-refractivity contribution is -0.131. The maximum atomic E-state index is 13.9. The zero-order valence-electron chi connectivity index (χ0n) is 31.4. The van der Waals surface area contributed by atoms with Crippen LogP contribution in [0.1, 0.15) is 77.7 Å². The van der Waals surface area contributed by atoms with Gasteiger partial charge in [0.15, 0.2) is 8.32 Å². The second-order valence-electron chi connectivity index (χ2n) is 16.8. The standard InChI is InChI=1S/C42H54FNO4Si2/c1-41(2,3)49(7,8)47-34-23-18-29(19-24-34)31-20-25-35(37(45)28-31)39-36(40(46)44(39)33-14-12-11-13-15-33)26-27-38(30-16-21-32(43)22-17-30)48-50(9,10)42(4,5)6/h11-25,28,36,38-39,45H,26-27H2,1-10H3/t36-,38-,39-/m1/s1. The summed E-state index contributed by atoms with van der Waals surface area (Å²) in [6.45, 7) is 22.2. The monoisotopic (exact) mass is 711 g/mol. The summed E-state index contributed by atoms with van der Waals surface area (Å²) in [7, 11) is -4.16. The third kappa shape index (κ3) is 7.93. The van der Waals surface area contributed by atoms with Crippen molar-refractivity contribution in [1.82, 2.24) is 0 Å². The molecule has 1 aliphatic heterocycles. The Hall–Kier alpha value is -3.73. The zero-order valence-corrected chi connectivity index (χ0v) is 33.4. The maximum absolute atomic E-state index is 13.9. The summed E-state index contributed by atoms with van der Waals surface area (Å²) in [5.41, 5.74) is 4.28. The summed E-state index contributed by atoms with van der Waals surface area (Å²) in [5, 5.41) is 11.6. The largest absolute Gasteiger partial charge is 0.544 e. The maximum Gasteiger partial charge on any atom is 0.250 e. The van der Waals surface area contributed by atoms with Crippen LogP contribution in [0.2, 0.25) is 36.3 Å². The topological polar surface area (TPSA) is 59.0 Å². The Morgan fingerprint density at radius 3 is 1.92 bits per heavy atom. The molecular weight excluding hydrogens is 658 g/mol. The highest BCUT2D eigenvalue weighted by Crippen LogP contribution is 2.50. The fourth-order valence-electron chi connectivity index (χ4n) is 6.03. The van der Waals surface area contributed by atoms with Crippen molar-refractivity contribution in [1.29, 1.82) is 0 Å². The van der Waals surface area contributed by atoms with Crippen LogP contribution in [-0.2, 0) is 9.22 Å². The summed E-state index contributed by atoms with van der Waals surface area (Å²) < 4.78 is 27.3. The van der Waals surface area contributed by atoms with E-state index in [-0.39, 0.29) is 45.6 Å². The van der Waals surface area contributed by atoms with Crippen LogP contribution in [0.15, 0.2) is 97.1 Å². The minimum atomic E-state index is -2.20. The van der Waals surface area contributed by atoms with Crippen LogP contribution in [0.4, 0.5) is 10.1 Å². The van der Waals surface area contributed by atoms with Crippen molar-refractivity contribution in [2.24, 2.45) is 5.92 Å². The predicted octanol–water partition coefficient (Wildman–Crippen LogP) is 11.8. The van der Waals surface area contributed by atoms with Crippen LogP contribution in [-0.4, -0.2) is 27.6 Å². The molecule has 4 aromatic rings. The van der Waals surface area contributed by atoms with E-state index in [1.54, 1.807) is 23.1 Å². The molecule has 0 aromatic heterocycles. The number of β-lactam (4-membered cyclic amide) rings is 1. The number of hydrogen-bond donors (Lipinski definition) is 1. The predicted molar refractivity (Wildman–Crippen MR) is 208 cm³/mol. The van der Waals surface area contributed by atoms with E-state index >= 15 is 0 Å². The highest BCUT2D eigenvalue weighted by molar-refractivity contribution is 6.75. The average molecular weight is 712 g/mol. The lowest BCUT2D eigenvalue weighted by Crippen LogP contribution is -2.55. The number of phenols is 1. The summed E-state index contributed by atoms with van der Waals surface area (Å²) in [5.74, 6) is 0.380. The van der Waals surface area contributed by atoms with E-state index in [1.807, 2.05) is 66.7 Å². The van der Waals surface area contributed by atoms with E-state index in [9.17, 15) is 14.3 Å². The first-order valence-electron chi connectivity index (χ1n) is 17.7. The van der Waals surface area contributed by atoms with E-state index in [2.05, 4.69) is 67.7 Å². The minimum Gasteiger partial charge on any atom is -0.544 e. The minimum absolute atomic E-state index is 0.0180. The molecule has 1 aliphatic rings. The average Bonchev–Trinajstić information content (AvgIpc) is 3.03. The number of halogens is 1. The van der Waals surface area contributed by atoms with Gasteiger partial charge in [-0.2, -0.15) is 0 Å². The first-order chi connectivity index (χ1) is 23.3. The van der Waals surface area contributed by atoms with Gasteiger partial charge in [0.05, 0.1) is 18.1 Å². The van der Waals surface area contributed by atoms with Gasteiger partial charge in [-0.05, 0) is 108 Å². The van der Waals surface area contributed by atoms with Gasteiger partial charge in [-0.1, -0.05) is 96.1 Å². The molecule has 0 saturated carbocycles. The molecule has 1 N–H and O–H groups in total. The Kier molecular flexibility index (Phi) is 10.6. The Morgan fingerprint density at radius 1 is 0.780 bits per heavy atom. The first-order valence-corrected chi connectivity index (χ1v) is 23.5. The Bertz CT molecular complexity index is 1780. The number of anilines is 1. The lowest BCUT2D eigenvalue weighted by Gasteiger charge is -2.48. The molecule has 0 aliphatic carbocycles. The molecular formula is C42H54FNO4Si2. The Morgan fingerprint density at radius 2 is 1.36 bits per heavy atom. The molecule has 0 unspecified atom stereocenters. The molecule has 8 heteroatoms. The molecule has 1 fully saturated rings. The van der Waals surface area contributed by atoms with Crippen LogP contribution in [0, 0.1) is 11.7 Å². The summed E-state index contributed by atoms with van der Waals surface area (Å²) >= 11 is 0. The van der Waals surface area contributed by atoms with E-state index < -0.39 is 16.6 Å². The molecule has 1 amide bonds. The van der Waals surface area contributed by atoms with E-state index in [0.29, 0.717) is 18.4 Å². The number of amides is 1. The van der Waals surface area contributed by atoms with E-state index in [4.69, 9.17) is 8.85 Å². The van der Waals surface area contributed by atoms with Gasteiger partial charge in [0.1, 0.15) is 17.3 Å². The van der Waals surface area contributed by atoms with E-state index in [1.165, 1.54) is 12.1 Å². The number of carbonyl (C=O) groups excluding carboxylic acids is 1. The normalized spacial score (nSPS) is 17.7. The van der Waals surface area contributed by atoms with Gasteiger partial charge in [-0.3, -0.25) is 4.79 Å². The molecule has 0 radical (unpaired) electrons. The Labute approximate surface area is 300 Å². The van der Waals surface area contributed by atoms with Gasteiger partial charge in [0.2, 0.25) is 14.2 Å². The number of carbonyl (C=O) groups is 1. The SMILES string of the molecule is CC(C)(C)[Si](C)(C)Oc1ccc(-c2ccc([C@@H]3[C@@H](CC[C@@H](O[Si](C)(C)C(C)(C)C)c4ccc(F)cc4)C(=O)N3c3ccccc3)c(O)c2)cc1. The highest BCUT2D eigenvalue weighted by atomic mass is 28.4. The second kappa shape index (κ2) is 14.1. The Balaban J connectivity index is 1.42. The first kappa shape index (κ1) is 37.5. The van der Waals surface area contributed by atoms with E-state index in [0.717, 1.165) is 28.1 Å². The summed E-state index contributed by atoms with van der Waals surface area (Å²) in [4.78, 5) is 15.7. The van der Waals surface area contributed by atoms with Gasteiger partial charge in [0, 0.05) is 11.3 Å². The van der Waals surface area contributed by atoms with Crippen molar-refractivity contribution in [2.75, 3.05) is 4.90 Å². The molecule has 5 nitrogen and oxygen atoms in total. The molecule has 3 atom stereocenters.